The van der Waals surface area contributed by atoms with E-state index in [1.807, 2.05) is 0 Å². The van der Waals surface area contributed by atoms with Gasteiger partial charge in [0.05, 0.1) is 5.56 Å². The second-order valence-electron chi connectivity index (χ2n) is 1.71. The molecule has 0 saturated carbocycles. The minimum absolute atomic E-state index is 0. The Morgan fingerprint density at radius 1 is 1.50 bits per heavy atom. The highest BCUT2D eigenvalue weighted by molar-refractivity contribution is 5.92. The number of halogens is 3. The van der Waals surface area contributed by atoms with Crippen LogP contribution in [0.4, 0.5) is 4.39 Å². The summed E-state index contributed by atoms with van der Waals surface area (Å²) in [4.78, 5) is 13.6. The fraction of sp³-hybridized carbons (Fsp3) is 0. The van der Waals surface area contributed by atoms with Gasteiger partial charge in [-0.2, -0.15) is 4.39 Å². The third-order valence-electron chi connectivity index (χ3n) is 1.02. The van der Waals surface area contributed by atoms with Gasteiger partial charge in [-0.15, -0.1) is 24.8 Å². The lowest BCUT2D eigenvalue weighted by Gasteiger charge is -1.92. The highest BCUT2D eigenvalue weighted by Crippen LogP contribution is 2.00. The SMILES string of the molecule is Cl.Cl.NC(=O)c1cccnc1F. The van der Waals surface area contributed by atoms with Crippen LogP contribution in [-0.4, -0.2) is 10.9 Å². The summed E-state index contributed by atoms with van der Waals surface area (Å²) in [5, 5.41) is 0. The molecular weight excluding hydrogens is 206 g/mol. The first-order valence-electron chi connectivity index (χ1n) is 2.62. The molecule has 6 heteroatoms. The number of pyridine rings is 1. The van der Waals surface area contributed by atoms with E-state index < -0.39 is 11.9 Å². The Labute approximate surface area is 81.0 Å². The number of carbonyl (C=O) groups is 1. The molecule has 3 nitrogen and oxygen atoms in total. The zero-order valence-corrected chi connectivity index (χ0v) is 7.49. The van der Waals surface area contributed by atoms with E-state index in [2.05, 4.69) is 4.98 Å². The minimum Gasteiger partial charge on any atom is -0.365 e. The Morgan fingerprint density at radius 2 is 2.08 bits per heavy atom. The Balaban J connectivity index is 0. The lowest BCUT2D eigenvalue weighted by molar-refractivity contribution is 0.0995. The maximum Gasteiger partial charge on any atom is 0.253 e. The van der Waals surface area contributed by atoms with Gasteiger partial charge in [-0.1, -0.05) is 0 Å². The zero-order chi connectivity index (χ0) is 7.56. The average molecular weight is 213 g/mol. The number of rotatable bonds is 1. The van der Waals surface area contributed by atoms with Gasteiger partial charge in [0.2, 0.25) is 5.95 Å². The highest BCUT2D eigenvalue weighted by Gasteiger charge is 2.05. The van der Waals surface area contributed by atoms with Crippen molar-refractivity contribution in [2.45, 2.75) is 0 Å². The molecule has 0 fully saturated rings. The summed E-state index contributed by atoms with van der Waals surface area (Å²) < 4.78 is 12.4. The molecule has 0 aliphatic heterocycles. The van der Waals surface area contributed by atoms with Crippen LogP contribution in [0.3, 0.4) is 0 Å². The summed E-state index contributed by atoms with van der Waals surface area (Å²) in [6.07, 6.45) is 1.25. The van der Waals surface area contributed by atoms with E-state index in [9.17, 15) is 9.18 Å². The van der Waals surface area contributed by atoms with Gasteiger partial charge < -0.3 is 5.73 Å². The molecule has 1 heterocycles. The van der Waals surface area contributed by atoms with E-state index in [1.54, 1.807) is 0 Å². The minimum atomic E-state index is -0.824. The van der Waals surface area contributed by atoms with Crippen LogP contribution in [0.5, 0.6) is 0 Å². The maximum atomic E-state index is 12.4. The van der Waals surface area contributed by atoms with Gasteiger partial charge >= 0.3 is 0 Å². The summed E-state index contributed by atoms with van der Waals surface area (Å²) >= 11 is 0. The molecule has 1 rings (SSSR count). The summed E-state index contributed by atoms with van der Waals surface area (Å²) in [6, 6.07) is 2.73. The maximum absolute atomic E-state index is 12.4. The van der Waals surface area contributed by atoms with E-state index in [4.69, 9.17) is 5.73 Å². The number of amides is 1. The molecular formula is C6H7Cl2FN2O. The van der Waals surface area contributed by atoms with Crippen LogP contribution in [0, 0.1) is 5.95 Å². The first kappa shape index (κ1) is 13.7. The lowest BCUT2D eigenvalue weighted by atomic mass is 10.3. The fourth-order valence-corrected chi connectivity index (χ4v) is 0.570. The van der Waals surface area contributed by atoms with Crippen molar-refractivity contribution in [2.24, 2.45) is 5.73 Å². The molecule has 12 heavy (non-hydrogen) atoms. The van der Waals surface area contributed by atoms with Gasteiger partial charge in [-0.3, -0.25) is 4.79 Å². The van der Waals surface area contributed by atoms with Crippen molar-refractivity contribution in [3.05, 3.63) is 29.8 Å². The molecule has 0 unspecified atom stereocenters. The predicted molar refractivity (Wildman–Crippen MR) is 47.2 cm³/mol. The van der Waals surface area contributed by atoms with E-state index in [-0.39, 0.29) is 30.4 Å². The van der Waals surface area contributed by atoms with Gasteiger partial charge in [0, 0.05) is 6.20 Å². The standard InChI is InChI=1S/C6H5FN2O.2ClH/c7-5-4(6(8)10)2-1-3-9-5;;/h1-3H,(H2,8,10);2*1H. The summed E-state index contributed by atoms with van der Waals surface area (Å²) in [6.45, 7) is 0. The predicted octanol–water partition coefficient (Wildman–Crippen LogP) is 1.16. The molecule has 1 aromatic heterocycles. The Hall–Kier alpha value is -0.870. The van der Waals surface area contributed by atoms with Crippen LogP contribution in [0.15, 0.2) is 18.3 Å². The van der Waals surface area contributed by atoms with Gasteiger partial charge in [0.15, 0.2) is 0 Å². The number of nitrogens with two attached hydrogens (primary N) is 1. The highest BCUT2D eigenvalue weighted by atomic mass is 35.5. The number of nitrogens with zero attached hydrogens (tertiary/aromatic N) is 1. The second kappa shape index (κ2) is 5.74. The molecule has 68 valence electrons. The van der Waals surface area contributed by atoms with E-state index in [0.29, 0.717) is 0 Å². The monoisotopic (exact) mass is 212 g/mol. The number of hydrogen-bond donors (Lipinski definition) is 1. The molecule has 0 aromatic carbocycles. The summed E-state index contributed by atoms with van der Waals surface area (Å²) in [7, 11) is 0. The van der Waals surface area contributed by atoms with Gasteiger partial charge in [-0.25, -0.2) is 4.98 Å². The fourth-order valence-electron chi connectivity index (χ4n) is 0.570. The topological polar surface area (TPSA) is 56.0 Å². The van der Waals surface area contributed by atoms with Crippen molar-refractivity contribution in [3.8, 4) is 0 Å². The molecule has 0 atom stereocenters. The molecule has 1 aromatic rings. The number of aromatic nitrogens is 1. The average Bonchev–Trinajstić information content (AvgIpc) is 1.88. The number of primary amides is 1. The molecule has 0 spiro atoms. The first-order valence-corrected chi connectivity index (χ1v) is 2.62. The van der Waals surface area contributed by atoms with E-state index >= 15 is 0 Å². The lowest BCUT2D eigenvalue weighted by Crippen LogP contribution is -2.13. The summed E-state index contributed by atoms with van der Waals surface area (Å²) in [5.74, 6) is -1.62. The molecule has 0 aliphatic rings. The van der Waals surface area contributed by atoms with Crippen LogP contribution in [0.1, 0.15) is 10.4 Å². The largest absolute Gasteiger partial charge is 0.365 e. The number of hydrogen-bond acceptors (Lipinski definition) is 2. The van der Waals surface area contributed by atoms with Crippen LogP contribution in [0.25, 0.3) is 0 Å². The third kappa shape index (κ3) is 3.02. The van der Waals surface area contributed by atoms with Crippen molar-refractivity contribution in [1.82, 2.24) is 4.98 Å². The molecule has 0 saturated heterocycles. The quantitative estimate of drug-likeness (QED) is 0.711. The zero-order valence-electron chi connectivity index (χ0n) is 5.86. The normalized spacial score (nSPS) is 7.75. The van der Waals surface area contributed by atoms with Crippen molar-refractivity contribution < 1.29 is 9.18 Å². The smallest absolute Gasteiger partial charge is 0.253 e. The Kier molecular flexibility index (Phi) is 6.55. The van der Waals surface area contributed by atoms with Gasteiger partial charge in [0.1, 0.15) is 0 Å². The Bertz CT molecular complexity index is 269. The van der Waals surface area contributed by atoms with Crippen molar-refractivity contribution in [2.75, 3.05) is 0 Å². The molecule has 0 aliphatic carbocycles. The van der Waals surface area contributed by atoms with E-state index in [0.717, 1.165) is 0 Å². The molecule has 0 bridgehead atoms. The van der Waals surface area contributed by atoms with Crippen LogP contribution in [-0.2, 0) is 0 Å². The first-order chi connectivity index (χ1) is 4.72. The van der Waals surface area contributed by atoms with Crippen LogP contribution >= 0.6 is 24.8 Å². The Morgan fingerprint density at radius 3 is 2.42 bits per heavy atom. The van der Waals surface area contributed by atoms with Crippen molar-refractivity contribution >= 4 is 30.7 Å². The third-order valence-corrected chi connectivity index (χ3v) is 1.02. The van der Waals surface area contributed by atoms with Crippen molar-refractivity contribution in [1.29, 1.82) is 0 Å². The van der Waals surface area contributed by atoms with Crippen LogP contribution < -0.4 is 5.73 Å². The van der Waals surface area contributed by atoms with Crippen molar-refractivity contribution in [3.63, 3.8) is 0 Å². The molecule has 0 radical (unpaired) electrons. The molecule has 1 amide bonds. The van der Waals surface area contributed by atoms with Gasteiger partial charge in [-0.05, 0) is 12.1 Å². The second-order valence-corrected chi connectivity index (χ2v) is 1.71. The number of carbonyl (C=O) groups excluding carboxylic acids is 1. The summed E-state index contributed by atoms with van der Waals surface area (Å²) in [5.41, 5.74) is 4.62. The van der Waals surface area contributed by atoms with Crippen LogP contribution in [0.2, 0.25) is 0 Å². The molecule has 2 N–H and O–H groups in total. The van der Waals surface area contributed by atoms with E-state index in [1.165, 1.54) is 18.3 Å². The van der Waals surface area contributed by atoms with Gasteiger partial charge in [0.25, 0.3) is 5.91 Å².